The average molecular weight is 198 g/mol. The summed E-state index contributed by atoms with van der Waals surface area (Å²) in [5.74, 6) is 0. The minimum absolute atomic E-state index is 0.0167. The van der Waals surface area contributed by atoms with E-state index in [0.29, 0.717) is 0 Å². The minimum Gasteiger partial charge on any atom is -0.265 e. The van der Waals surface area contributed by atoms with Crippen molar-refractivity contribution in [1.82, 2.24) is 9.97 Å². The summed E-state index contributed by atoms with van der Waals surface area (Å²) in [5, 5.41) is 0. The second-order valence-corrected chi connectivity index (χ2v) is 4.10. The van der Waals surface area contributed by atoms with E-state index in [1.54, 1.807) is 6.20 Å². The molecule has 2 heterocycles. The molecule has 0 spiro atoms. The fraction of sp³-hybridized carbons (Fsp3) is 0.231. The minimum atomic E-state index is -0.0167. The quantitative estimate of drug-likeness (QED) is 0.741. The summed E-state index contributed by atoms with van der Waals surface area (Å²) in [7, 11) is 0. The third kappa shape index (κ3) is 1.89. The van der Waals surface area contributed by atoms with Crippen molar-refractivity contribution in [2.45, 2.75) is 19.3 Å². The van der Waals surface area contributed by atoms with Crippen LogP contribution in [0.5, 0.6) is 0 Å². The molecule has 0 aliphatic heterocycles. The van der Waals surface area contributed by atoms with E-state index in [2.05, 4.69) is 29.9 Å². The van der Waals surface area contributed by atoms with Crippen LogP contribution in [0, 0.1) is 0 Å². The van der Waals surface area contributed by atoms with Crippen LogP contribution in [0.1, 0.15) is 25.0 Å². The monoisotopic (exact) mass is 198 g/mol. The number of hydrogen-bond acceptors (Lipinski definition) is 2. The Labute approximate surface area is 90.0 Å². The van der Waals surface area contributed by atoms with E-state index in [1.165, 1.54) is 11.1 Å². The zero-order valence-corrected chi connectivity index (χ0v) is 9.01. The summed E-state index contributed by atoms with van der Waals surface area (Å²) in [5.41, 5.74) is 2.46. The molecule has 2 aromatic rings. The van der Waals surface area contributed by atoms with Gasteiger partial charge in [-0.15, -0.1) is 0 Å². The predicted molar refractivity (Wildman–Crippen MR) is 60.6 cm³/mol. The maximum Gasteiger partial charge on any atom is 0.0308 e. The molecule has 0 radical (unpaired) electrons. The Bertz CT molecular complexity index is 379. The van der Waals surface area contributed by atoms with Gasteiger partial charge < -0.3 is 0 Å². The van der Waals surface area contributed by atoms with Gasteiger partial charge in [0.2, 0.25) is 0 Å². The summed E-state index contributed by atoms with van der Waals surface area (Å²) >= 11 is 0. The Kier molecular flexibility index (Phi) is 2.50. The molecule has 2 heteroatoms. The lowest BCUT2D eigenvalue weighted by Crippen LogP contribution is -2.18. The van der Waals surface area contributed by atoms with Gasteiger partial charge in [0.25, 0.3) is 0 Å². The topological polar surface area (TPSA) is 25.8 Å². The van der Waals surface area contributed by atoms with Crippen LogP contribution in [0.2, 0.25) is 0 Å². The molecule has 0 aliphatic rings. The van der Waals surface area contributed by atoms with E-state index in [9.17, 15) is 0 Å². The van der Waals surface area contributed by atoms with E-state index in [1.807, 2.05) is 36.8 Å². The molecule has 0 N–H and O–H groups in total. The van der Waals surface area contributed by atoms with E-state index >= 15 is 0 Å². The predicted octanol–water partition coefficient (Wildman–Crippen LogP) is 2.80. The molecule has 0 saturated heterocycles. The molecule has 76 valence electrons. The molecule has 0 amide bonds. The first-order valence-corrected chi connectivity index (χ1v) is 5.02. The number of nitrogens with zero attached hydrogens (tertiary/aromatic N) is 2. The standard InChI is InChI=1S/C13H14N2/c1-13(2,11-5-8-14-9-6-11)12-4-3-7-15-10-12/h3-10H,1-2H3. The van der Waals surface area contributed by atoms with Crippen LogP contribution >= 0.6 is 0 Å². The Morgan fingerprint density at radius 2 is 1.60 bits per heavy atom. The molecule has 0 unspecified atom stereocenters. The maximum atomic E-state index is 4.16. The normalized spacial score (nSPS) is 11.3. The molecular formula is C13H14N2. The molecule has 0 atom stereocenters. The summed E-state index contributed by atoms with van der Waals surface area (Å²) < 4.78 is 0. The summed E-state index contributed by atoms with van der Waals surface area (Å²) in [6, 6.07) is 8.17. The zero-order chi connectivity index (χ0) is 10.7. The highest BCUT2D eigenvalue weighted by molar-refractivity contribution is 5.34. The molecule has 0 fully saturated rings. The van der Waals surface area contributed by atoms with E-state index < -0.39 is 0 Å². The third-order valence-corrected chi connectivity index (χ3v) is 2.79. The summed E-state index contributed by atoms with van der Waals surface area (Å²) in [6.07, 6.45) is 7.37. The van der Waals surface area contributed by atoms with Crippen molar-refractivity contribution >= 4 is 0 Å². The SMILES string of the molecule is CC(C)(c1ccncc1)c1cccnc1. The van der Waals surface area contributed by atoms with Crippen LogP contribution in [-0.2, 0) is 5.41 Å². The van der Waals surface area contributed by atoms with Gasteiger partial charge in [-0.3, -0.25) is 9.97 Å². The van der Waals surface area contributed by atoms with Crippen LogP contribution in [0.3, 0.4) is 0 Å². The largest absolute Gasteiger partial charge is 0.265 e. The van der Waals surface area contributed by atoms with Crippen molar-refractivity contribution in [3.8, 4) is 0 Å². The smallest absolute Gasteiger partial charge is 0.0308 e. The maximum absolute atomic E-state index is 4.16. The Morgan fingerprint density at radius 1 is 0.867 bits per heavy atom. The van der Waals surface area contributed by atoms with Crippen molar-refractivity contribution in [3.05, 3.63) is 60.2 Å². The lowest BCUT2D eigenvalue weighted by atomic mass is 9.79. The van der Waals surface area contributed by atoms with Gasteiger partial charge in [0.05, 0.1) is 0 Å². The number of aromatic nitrogens is 2. The van der Waals surface area contributed by atoms with Crippen molar-refractivity contribution < 1.29 is 0 Å². The van der Waals surface area contributed by atoms with Gasteiger partial charge in [0, 0.05) is 30.2 Å². The van der Waals surface area contributed by atoms with Gasteiger partial charge in [-0.05, 0) is 29.3 Å². The summed E-state index contributed by atoms with van der Waals surface area (Å²) in [4.78, 5) is 8.20. The van der Waals surface area contributed by atoms with Crippen LogP contribution in [0.25, 0.3) is 0 Å². The Morgan fingerprint density at radius 3 is 2.20 bits per heavy atom. The third-order valence-electron chi connectivity index (χ3n) is 2.79. The highest BCUT2D eigenvalue weighted by Crippen LogP contribution is 2.29. The number of hydrogen-bond donors (Lipinski definition) is 0. The fourth-order valence-corrected chi connectivity index (χ4v) is 1.67. The lowest BCUT2D eigenvalue weighted by molar-refractivity contribution is 0.636. The highest BCUT2D eigenvalue weighted by atomic mass is 14.6. The molecule has 0 aromatic carbocycles. The molecule has 15 heavy (non-hydrogen) atoms. The first-order valence-electron chi connectivity index (χ1n) is 5.02. The van der Waals surface area contributed by atoms with Crippen molar-refractivity contribution in [3.63, 3.8) is 0 Å². The van der Waals surface area contributed by atoms with Crippen LogP contribution in [0.15, 0.2) is 49.1 Å². The highest BCUT2D eigenvalue weighted by Gasteiger charge is 2.22. The molecule has 2 nitrogen and oxygen atoms in total. The van der Waals surface area contributed by atoms with Gasteiger partial charge >= 0.3 is 0 Å². The number of pyridine rings is 2. The first kappa shape index (κ1) is 9.84. The molecule has 2 aromatic heterocycles. The lowest BCUT2D eigenvalue weighted by Gasteiger charge is -2.25. The van der Waals surface area contributed by atoms with Crippen LogP contribution in [0.4, 0.5) is 0 Å². The molecular weight excluding hydrogens is 184 g/mol. The second kappa shape index (κ2) is 3.81. The van der Waals surface area contributed by atoms with Crippen molar-refractivity contribution in [1.29, 1.82) is 0 Å². The van der Waals surface area contributed by atoms with Gasteiger partial charge in [-0.1, -0.05) is 19.9 Å². The number of rotatable bonds is 2. The van der Waals surface area contributed by atoms with E-state index in [0.717, 1.165) is 0 Å². The van der Waals surface area contributed by atoms with E-state index in [4.69, 9.17) is 0 Å². The van der Waals surface area contributed by atoms with E-state index in [-0.39, 0.29) is 5.41 Å². The van der Waals surface area contributed by atoms with Crippen molar-refractivity contribution in [2.24, 2.45) is 0 Å². The molecule has 0 saturated carbocycles. The van der Waals surface area contributed by atoms with Crippen molar-refractivity contribution in [2.75, 3.05) is 0 Å². The molecule has 0 bridgehead atoms. The van der Waals surface area contributed by atoms with Gasteiger partial charge in [-0.2, -0.15) is 0 Å². The van der Waals surface area contributed by atoms with Gasteiger partial charge in [0.1, 0.15) is 0 Å². The zero-order valence-electron chi connectivity index (χ0n) is 9.01. The second-order valence-electron chi connectivity index (χ2n) is 4.10. The van der Waals surface area contributed by atoms with Gasteiger partial charge in [-0.25, -0.2) is 0 Å². The van der Waals surface area contributed by atoms with Crippen LogP contribution < -0.4 is 0 Å². The van der Waals surface area contributed by atoms with Crippen LogP contribution in [-0.4, -0.2) is 9.97 Å². The molecule has 0 aliphatic carbocycles. The summed E-state index contributed by atoms with van der Waals surface area (Å²) in [6.45, 7) is 4.39. The Balaban J connectivity index is 2.44. The first-order chi connectivity index (χ1) is 7.21. The average Bonchev–Trinajstić information content (AvgIpc) is 2.31. The Hall–Kier alpha value is -1.70. The molecule has 2 rings (SSSR count). The fourth-order valence-electron chi connectivity index (χ4n) is 1.67. The van der Waals surface area contributed by atoms with Gasteiger partial charge in [0.15, 0.2) is 0 Å².